The third-order valence-electron chi connectivity index (χ3n) is 3.83. The number of aromatic carboxylic acids is 1. The van der Waals surface area contributed by atoms with Crippen LogP contribution in [0.5, 0.6) is 0 Å². The van der Waals surface area contributed by atoms with Crippen LogP contribution < -0.4 is 0 Å². The van der Waals surface area contributed by atoms with Crippen LogP contribution in [0.2, 0.25) is 0 Å². The first-order chi connectivity index (χ1) is 9.74. The lowest BCUT2D eigenvalue weighted by Crippen LogP contribution is -2.19. The van der Waals surface area contributed by atoms with Gasteiger partial charge in [-0.15, -0.1) is 0 Å². The molecule has 0 saturated carbocycles. The molecule has 2 N–H and O–H groups in total. The molecular formula is C15H11N3O2. The van der Waals surface area contributed by atoms with Crippen LogP contribution >= 0.6 is 0 Å². The van der Waals surface area contributed by atoms with Gasteiger partial charge < -0.3 is 10.1 Å². The lowest BCUT2D eigenvalue weighted by molar-refractivity contribution is 0.0698. The van der Waals surface area contributed by atoms with E-state index < -0.39 is 5.97 Å². The van der Waals surface area contributed by atoms with E-state index in [9.17, 15) is 9.90 Å². The van der Waals surface area contributed by atoms with Crippen molar-refractivity contribution in [2.24, 2.45) is 0 Å². The zero-order valence-electron chi connectivity index (χ0n) is 10.5. The molecule has 3 aromatic rings. The number of H-pyrrole nitrogens is 1. The lowest BCUT2D eigenvalue weighted by Gasteiger charge is -2.28. The molecule has 1 aliphatic carbocycles. The van der Waals surface area contributed by atoms with Crippen LogP contribution in [-0.4, -0.2) is 26.0 Å². The van der Waals surface area contributed by atoms with Crippen molar-refractivity contribution in [2.45, 2.75) is 12.3 Å². The predicted molar refractivity (Wildman–Crippen MR) is 72.8 cm³/mol. The minimum absolute atomic E-state index is 0.210. The summed E-state index contributed by atoms with van der Waals surface area (Å²) in [7, 11) is 0. The highest BCUT2D eigenvalue weighted by Gasteiger charge is 2.30. The molecule has 2 heterocycles. The van der Waals surface area contributed by atoms with Gasteiger partial charge in [0.2, 0.25) is 0 Å². The summed E-state index contributed by atoms with van der Waals surface area (Å²) in [6.45, 7) is 0. The molecule has 1 aromatic carbocycles. The van der Waals surface area contributed by atoms with E-state index in [1.165, 1.54) is 23.4 Å². The fourth-order valence-electron chi connectivity index (χ4n) is 2.77. The number of fused-ring (bicyclic) bond motifs is 2. The summed E-state index contributed by atoms with van der Waals surface area (Å²) in [5, 5.41) is 9.18. The Labute approximate surface area is 114 Å². The SMILES string of the molecule is O=C(O)c1ccnc2nc(C3Cc4ccccc43)[nH]c12. The molecule has 5 nitrogen and oxygen atoms in total. The largest absolute Gasteiger partial charge is 0.478 e. The molecule has 20 heavy (non-hydrogen) atoms. The number of aromatic amines is 1. The maximum absolute atomic E-state index is 11.2. The molecule has 2 aromatic heterocycles. The Kier molecular flexibility index (Phi) is 2.18. The first-order valence-electron chi connectivity index (χ1n) is 6.40. The van der Waals surface area contributed by atoms with Crippen molar-refractivity contribution in [1.29, 1.82) is 0 Å². The van der Waals surface area contributed by atoms with E-state index in [1.807, 2.05) is 12.1 Å². The summed E-state index contributed by atoms with van der Waals surface area (Å²) in [6.07, 6.45) is 2.41. The Morgan fingerprint density at radius 1 is 1.30 bits per heavy atom. The summed E-state index contributed by atoms with van der Waals surface area (Å²) in [4.78, 5) is 22.9. The van der Waals surface area contributed by atoms with Crippen molar-refractivity contribution < 1.29 is 9.90 Å². The number of imidazole rings is 1. The van der Waals surface area contributed by atoms with Crippen molar-refractivity contribution in [3.63, 3.8) is 0 Å². The van der Waals surface area contributed by atoms with E-state index in [1.54, 1.807) is 0 Å². The van der Waals surface area contributed by atoms with Gasteiger partial charge in [0.25, 0.3) is 0 Å². The Hall–Kier alpha value is -2.69. The number of pyridine rings is 1. The second-order valence-corrected chi connectivity index (χ2v) is 4.94. The fraction of sp³-hybridized carbons (Fsp3) is 0.133. The van der Waals surface area contributed by atoms with Gasteiger partial charge in [-0.25, -0.2) is 14.8 Å². The number of aromatic nitrogens is 3. The zero-order valence-corrected chi connectivity index (χ0v) is 10.5. The Balaban J connectivity index is 1.84. The van der Waals surface area contributed by atoms with Gasteiger partial charge in [-0.3, -0.25) is 0 Å². The maximum atomic E-state index is 11.2. The predicted octanol–water partition coefficient (Wildman–Crippen LogP) is 2.34. The van der Waals surface area contributed by atoms with E-state index in [0.717, 1.165) is 12.2 Å². The number of nitrogens with one attached hydrogen (secondary N) is 1. The lowest BCUT2D eigenvalue weighted by atomic mass is 9.77. The normalized spacial score (nSPS) is 16.7. The van der Waals surface area contributed by atoms with Gasteiger partial charge in [0.05, 0.1) is 11.1 Å². The van der Waals surface area contributed by atoms with Gasteiger partial charge in [-0.1, -0.05) is 24.3 Å². The van der Waals surface area contributed by atoms with Crippen molar-refractivity contribution in [2.75, 3.05) is 0 Å². The second kappa shape index (κ2) is 3.90. The van der Waals surface area contributed by atoms with Gasteiger partial charge in [0, 0.05) is 12.1 Å². The summed E-state index contributed by atoms with van der Waals surface area (Å²) < 4.78 is 0. The van der Waals surface area contributed by atoms with E-state index in [0.29, 0.717) is 11.2 Å². The van der Waals surface area contributed by atoms with Crippen LogP contribution in [0, 0.1) is 0 Å². The highest BCUT2D eigenvalue weighted by Crippen LogP contribution is 2.39. The molecule has 0 aliphatic heterocycles. The van der Waals surface area contributed by atoms with Crippen LogP contribution in [0.3, 0.4) is 0 Å². The van der Waals surface area contributed by atoms with Gasteiger partial charge in [0.15, 0.2) is 5.65 Å². The van der Waals surface area contributed by atoms with Crippen molar-refractivity contribution in [1.82, 2.24) is 15.0 Å². The van der Waals surface area contributed by atoms with Crippen molar-refractivity contribution in [3.8, 4) is 0 Å². The number of carboxylic acid groups (broad SMARTS) is 1. The van der Waals surface area contributed by atoms with Crippen molar-refractivity contribution >= 4 is 17.1 Å². The monoisotopic (exact) mass is 265 g/mol. The van der Waals surface area contributed by atoms with Crippen LogP contribution in [-0.2, 0) is 6.42 Å². The molecule has 1 atom stereocenters. The summed E-state index contributed by atoms with van der Waals surface area (Å²) in [5.41, 5.74) is 3.75. The topological polar surface area (TPSA) is 78.9 Å². The zero-order chi connectivity index (χ0) is 13.7. The maximum Gasteiger partial charge on any atom is 0.338 e. The Morgan fingerprint density at radius 3 is 2.95 bits per heavy atom. The molecule has 0 spiro atoms. The van der Waals surface area contributed by atoms with Crippen molar-refractivity contribution in [3.05, 3.63) is 59.0 Å². The standard InChI is InChI=1S/C15H11N3O2/c19-15(20)10-5-6-16-14-12(10)17-13(18-14)11-7-8-3-1-2-4-9(8)11/h1-6,11H,7H2,(H,19,20)(H,16,17,18). The molecule has 1 aliphatic rings. The molecular weight excluding hydrogens is 254 g/mol. The molecule has 4 rings (SSSR count). The van der Waals surface area contributed by atoms with Crippen LogP contribution in [0.25, 0.3) is 11.2 Å². The molecule has 5 heteroatoms. The van der Waals surface area contributed by atoms with Crippen LogP contribution in [0.4, 0.5) is 0 Å². The third kappa shape index (κ3) is 1.46. The third-order valence-corrected chi connectivity index (χ3v) is 3.83. The van der Waals surface area contributed by atoms with E-state index in [4.69, 9.17) is 0 Å². The minimum atomic E-state index is -0.971. The van der Waals surface area contributed by atoms with Gasteiger partial charge in [0.1, 0.15) is 5.82 Å². The van der Waals surface area contributed by atoms with Gasteiger partial charge >= 0.3 is 5.97 Å². The average Bonchev–Trinajstić information content (AvgIpc) is 2.82. The van der Waals surface area contributed by atoms with Gasteiger partial charge in [-0.05, 0) is 23.6 Å². The molecule has 98 valence electrons. The van der Waals surface area contributed by atoms with E-state index in [-0.39, 0.29) is 11.5 Å². The summed E-state index contributed by atoms with van der Waals surface area (Å²) in [5.74, 6) is 0.0311. The number of carboxylic acids is 1. The summed E-state index contributed by atoms with van der Waals surface area (Å²) >= 11 is 0. The van der Waals surface area contributed by atoms with E-state index in [2.05, 4.69) is 27.1 Å². The Morgan fingerprint density at radius 2 is 2.15 bits per heavy atom. The minimum Gasteiger partial charge on any atom is -0.478 e. The second-order valence-electron chi connectivity index (χ2n) is 4.94. The molecule has 0 bridgehead atoms. The number of rotatable bonds is 2. The number of hydrogen-bond donors (Lipinski definition) is 2. The highest BCUT2D eigenvalue weighted by molar-refractivity contribution is 5.99. The van der Waals surface area contributed by atoms with Crippen LogP contribution in [0.15, 0.2) is 36.5 Å². The molecule has 0 radical (unpaired) electrons. The van der Waals surface area contributed by atoms with E-state index >= 15 is 0 Å². The number of carbonyl (C=O) groups is 1. The first-order valence-corrected chi connectivity index (χ1v) is 6.40. The van der Waals surface area contributed by atoms with Crippen LogP contribution in [0.1, 0.15) is 33.2 Å². The quantitative estimate of drug-likeness (QED) is 0.745. The number of hydrogen-bond acceptors (Lipinski definition) is 3. The molecule has 1 unspecified atom stereocenters. The fourth-order valence-corrected chi connectivity index (χ4v) is 2.77. The molecule has 0 fully saturated rings. The molecule has 0 amide bonds. The average molecular weight is 265 g/mol. The molecule has 0 saturated heterocycles. The summed E-state index contributed by atoms with van der Waals surface area (Å²) in [6, 6.07) is 9.71. The van der Waals surface area contributed by atoms with Gasteiger partial charge in [-0.2, -0.15) is 0 Å². The number of benzene rings is 1. The highest BCUT2D eigenvalue weighted by atomic mass is 16.4. The smallest absolute Gasteiger partial charge is 0.338 e. The Bertz CT molecular complexity index is 838. The number of nitrogens with zero attached hydrogens (tertiary/aromatic N) is 2. The first kappa shape index (κ1) is 11.2.